The van der Waals surface area contributed by atoms with E-state index in [1.807, 2.05) is 12.1 Å². The van der Waals surface area contributed by atoms with Gasteiger partial charge in [-0.25, -0.2) is 0 Å². The molecule has 2 atom stereocenters. The third-order valence-electron chi connectivity index (χ3n) is 4.38. The zero-order chi connectivity index (χ0) is 18.0. The van der Waals surface area contributed by atoms with Gasteiger partial charge < -0.3 is 24.6 Å². The largest absolute Gasteiger partial charge is 0.508 e. The second-order valence-electron chi connectivity index (χ2n) is 5.94. The van der Waals surface area contributed by atoms with Crippen molar-refractivity contribution in [2.75, 3.05) is 26.6 Å². The van der Waals surface area contributed by atoms with Crippen LogP contribution in [-0.4, -0.2) is 32.3 Å². The number of nitrogens with one attached hydrogen (secondary N) is 1. The standard InChI is InChI=1S/C19H21NO5/c1-23-16-8-12(9-17(24-2)18(16)25-3)20-19(22)15-10-14(15)11-4-6-13(21)7-5-11/h4-9,14-15,21H,10H2,1-3H3,(H,20,22). The average molecular weight is 343 g/mol. The topological polar surface area (TPSA) is 77.0 Å². The van der Waals surface area contributed by atoms with Crippen molar-refractivity contribution in [1.29, 1.82) is 0 Å². The molecule has 0 spiro atoms. The van der Waals surface area contributed by atoms with Crippen LogP contribution in [0.3, 0.4) is 0 Å². The quantitative estimate of drug-likeness (QED) is 0.842. The van der Waals surface area contributed by atoms with Gasteiger partial charge in [-0.15, -0.1) is 0 Å². The molecule has 0 aromatic heterocycles. The van der Waals surface area contributed by atoms with Crippen LogP contribution in [0.4, 0.5) is 5.69 Å². The van der Waals surface area contributed by atoms with Gasteiger partial charge in [-0.2, -0.15) is 0 Å². The van der Waals surface area contributed by atoms with Crippen molar-refractivity contribution in [3.05, 3.63) is 42.0 Å². The van der Waals surface area contributed by atoms with E-state index in [2.05, 4.69) is 5.32 Å². The molecule has 6 heteroatoms. The number of benzene rings is 2. The van der Waals surface area contributed by atoms with Gasteiger partial charge in [0, 0.05) is 23.7 Å². The first-order chi connectivity index (χ1) is 12.1. The van der Waals surface area contributed by atoms with Crippen molar-refractivity contribution in [3.63, 3.8) is 0 Å². The number of anilines is 1. The summed E-state index contributed by atoms with van der Waals surface area (Å²) in [4.78, 5) is 12.5. The molecule has 1 saturated carbocycles. The Hall–Kier alpha value is -2.89. The molecule has 132 valence electrons. The Morgan fingerprint density at radius 3 is 2.16 bits per heavy atom. The van der Waals surface area contributed by atoms with Gasteiger partial charge in [0.1, 0.15) is 5.75 Å². The lowest BCUT2D eigenvalue weighted by molar-refractivity contribution is -0.117. The van der Waals surface area contributed by atoms with E-state index in [9.17, 15) is 9.90 Å². The van der Waals surface area contributed by atoms with Gasteiger partial charge in [-0.3, -0.25) is 4.79 Å². The van der Waals surface area contributed by atoms with E-state index in [1.54, 1.807) is 24.3 Å². The molecule has 2 unspecified atom stereocenters. The van der Waals surface area contributed by atoms with Crippen LogP contribution < -0.4 is 19.5 Å². The minimum absolute atomic E-state index is 0.0488. The zero-order valence-electron chi connectivity index (χ0n) is 14.4. The fourth-order valence-electron chi connectivity index (χ4n) is 2.96. The first kappa shape index (κ1) is 17.0. The van der Waals surface area contributed by atoms with Gasteiger partial charge in [-0.1, -0.05) is 12.1 Å². The third-order valence-corrected chi connectivity index (χ3v) is 4.38. The average Bonchev–Trinajstić information content (AvgIpc) is 3.42. The van der Waals surface area contributed by atoms with Gasteiger partial charge in [0.25, 0.3) is 0 Å². The van der Waals surface area contributed by atoms with E-state index in [4.69, 9.17) is 14.2 Å². The molecule has 0 heterocycles. The van der Waals surface area contributed by atoms with Gasteiger partial charge >= 0.3 is 0 Å². The Kier molecular flexibility index (Phi) is 4.70. The second kappa shape index (κ2) is 6.93. The summed E-state index contributed by atoms with van der Waals surface area (Å²) in [5.74, 6) is 1.74. The van der Waals surface area contributed by atoms with Gasteiger partial charge in [0.05, 0.1) is 21.3 Å². The fourth-order valence-corrected chi connectivity index (χ4v) is 2.96. The first-order valence-electron chi connectivity index (χ1n) is 7.97. The molecule has 1 aliphatic carbocycles. The van der Waals surface area contributed by atoms with Crippen LogP contribution in [0.25, 0.3) is 0 Å². The van der Waals surface area contributed by atoms with Crippen LogP contribution >= 0.6 is 0 Å². The van der Waals surface area contributed by atoms with Crippen LogP contribution in [0.2, 0.25) is 0 Å². The Morgan fingerprint density at radius 1 is 1.04 bits per heavy atom. The minimum Gasteiger partial charge on any atom is -0.508 e. The maximum absolute atomic E-state index is 12.5. The molecule has 2 aromatic rings. The molecule has 0 radical (unpaired) electrons. The molecular formula is C19H21NO5. The number of ether oxygens (including phenoxy) is 3. The lowest BCUT2D eigenvalue weighted by Crippen LogP contribution is -2.14. The number of aromatic hydroxyl groups is 1. The molecule has 1 fully saturated rings. The maximum Gasteiger partial charge on any atom is 0.228 e. The molecular weight excluding hydrogens is 322 g/mol. The number of methoxy groups -OCH3 is 3. The second-order valence-corrected chi connectivity index (χ2v) is 5.94. The number of carbonyl (C=O) groups excluding carboxylic acids is 1. The van der Waals surface area contributed by atoms with Gasteiger partial charge in [0.15, 0.2) is 11.5 Å². The van der Waals surface area contributed by atoms with Gasteiger partial charge in [-0.05, 0) is 30.0 Å². The summed E-state index contributed by atoms with van der Waals surface area (Å²) in [5.41, 5.74) is 1.65. The molecule has 3 rings (SSSR count). The van der Waals surface area contributed by atoms with Crippen molar-refractivity contribution >= 4 is 11.6 Å². The predicted octanol–water partition coefficient (Wildman–Crippen LogP) is 3.16. The Morgan fingerprint density at radius 2 is 1.64 bits per heavy atom. The highest BCUT2D eigenvalue weighted by Gasteiger charge is 2.44. The number of hydrogen-bond acceptors (Lipinski definition) is 5. The van der Waals surface area contributed by atoms with Crippen LogP contribution in [0, 0.1) is 5.92 Å². The van der Waals surface area contributed by atoms with Crippen molar-refractivity contribution in [2.45, 2.75) is 12.3 Å². The summed E-state index contributed by atoms with van der Waals surface area (Å²) in [6, 6.07) is 10.4. The van der Waals surface area contributed by atoms with Crippen molar-refractivity contribution < 1.29 is 24.1 Å². The van der Waals surface area contributed by atoms with E-state index in [0.717, 1.165) is 12.0 Å². The maximum atomic E-state index is 12.5. The Balaban J connectivity index is 1.72. The van der Waals surface area contributed by atoms with Crippen LogP contribution in [0.1, 0.15) is 17.9 Å². The summed E-state index contributed by atoms with van der Waals surface area (Å²) in [6.45, 7) is 0. The van der Waals surface area contributed by atoms with Crippen molar-refractivity contribution in [1.82, 2.24) is 0 Å². The normalized spacial score (nSPS) is 18.4. The van der Waals surface area contributed by atoms with E-state index >= 15 is 0 Å². The van der Waals surface area contributed by atoms with E-state index in [0.29, 0.717) is 22.9 Å². The van der Waals surface area contributed by atoms with Crippen LogP contribution in [-0.2, 0) is 4.79 Å². The van der Waals surface area contributed by atoms with E-state index in [1.165, 1.54) is 21.3 Å². The predicted molar refractivity (Wildman–Crippen MR) is 93.7 cm³/mol. The summed E-state index contributed by atoms with van der Waals surface area (Å²) in [6.07, 6.45) is 0.793. The molecule has 2 N–H and O–H groups in total. The molecule has 0 saturated heterocycles. The Bertz CT molecular complexity index is 747. The highest BCUT2D eigenvalue weighted by Crippen LogP contribution is 2.48. The minimum atomic E-state index is -0.0800. The molecule has 25 heavy (non-hydrogen) atoms. The molecule has 0 aliphatic heterocycles. The van der Waals surface area contributed by atoms with E-state index in [-0.39, 0.29) is 23.5 Å². The number of phenolic OH excluding ortho intramolecular Hbond substituents is 1. The monoisotopic (exact) mass is 343 g/mol. The van der Waals surface area contributed by atoms with Crippen molar-refractivity contribution in [3.8, 4) is 23.0 Å². The van der Waals surface area contributed by atoms with Crippen LogP contribution in [0.5, 0.6) is 23.0 Å². The summed E-state index contributed by atoms with van der Waals surface area (Å²) in [7, 11) is 4.60. The smallest absolute Gasteiger partial charge is 0.228 e. The number of amides is 1. The number of phenols is 1. The first-order valence-corrected chi connectivity index (χ1v) is 7.97. The number of carbonyl (C=O) groups is 1. The molecule has 1 aliphatic rings. The Labute approximate surface area is 146 Å². The lowest BCUT2D eigenvalue weighted by atomic mass is 10.1. The zero-order valence-corrected chi connectivity index (χ0v) is 14.4. The molecule has 6 nitrogen and oxygen atoms in total. The molecule has 1 amide bonds. The van der Waals surface area contributed by atoms with Crippen LogP contribution in [0.15, 0.2) is 36.4 Å². The fraction of sp³-hybridized carbons (Fsp3) is 0.316. The van der Waals surface area contributed by atoms with Crippen molar-refractivity contribution in [2.24, 2.45) is 5.92 Å². The summed E-state index contributed by atoms with van der Waals surface area (Å²) < 4.78 is 15.9. The highest BCUT2D eigenvalue weighted by atomic mass is 16.5. The number of hydrogen-bond donors (Lipinski definition) is 2. The summed E-state index contributed by atoms with van der Waals surface area (Å²) >= 11 is 0. The van der Waals surface area contributed by atoms with Gasteiger partial charge in [0.2, 0.25) is 11.7 Å². The SMILES string of the molecule is COc1cc(NC(=O)C2CC2c2ccc(O)cc2)cc(OC)c1OC. The molecule has 2 aromatic carbocycles. The lowest BCUT2D eigenvalue weighted by Gasteiger charge is -2.14. The third kappa shape index (κ3) is 3.47. The van der Waals surface area contributed by atoms with E-state index < -0.39 is 0 Å². The summed E-state index contributed by atoms with van der Waals surface area (Å²) in [5, 5.41) is 12.3. The molecule has 0 bridgehead atoms. The highest BCUT2D eigenvalue weighted by molar-refractivity contribution is 5.95. The number of rotatable bonds is 6.